The Balaban J connectivity index is 1.53. The summed E-state index contributed by atoms with van der Waals surface area (Å²) in [6, 6.07) is 30.0. The first-order chi connectivity index (χ1) is 19.1. The molecule has 0 N–H and O–H groups in total. The molecule has 1 fully saturated rings. The fourth-order valence-corrected chi connectivity index (χ4v) is 5.07. The maximum atomic E-state index is 12.1. The van der Waals surface area contributed by atoms with E-state index < -0.39 is 24.0 Å². The molecule has 0 bridgehead atoms. The molecule has 9 nitrogen and oxygen atoms in total. The Hall–Kier alpha value is -4.34. The second kappa shape index (κ2) is 11.6. The number of hydrogen-bond donors (Lipinski definition) is 0. The Bertz CT molecular complexity index is 1350. The zero-order valence-electron chi connectivity index (χ0n) is 21.7. The fourth-order valence-electron chi connectivity index (χ4n) is 5.07. The van der Waals surface area contributed by atoms with Crippen LogP contribution in [0.1, 0.15) is 34.9 Å². The van der Waals surface area contributed by atoms with Crippen LogP contribution in [0.4, 0.5) is 0 Å². The van der Waals surface area contributed by atoms with Gasteiger partial charge < -0.3 is 19.0 Å². The number of benzene rings is 3. The van der Waals surface area contributed by atoms with Crippen LogP contribution in [0.5, 0.6) is 6.01 Å². The van der Waals surface area contributed by atoms with Crippen molar-refractivity contribution in [2.45, 2.75) is 37.4 Å². The minimum atomic E-state index is -0.975. The van der Waals surface area contributed by atoms with Crippen LogP contribution in [0.15, 0.2) is 107 Å². The molecule has 0 spiro atoms. The summed E-state index contributed by atoms with van der Waals surface area (Å²) in [5.74, 6) is 0. The Morgan fingerprint density at radius 3 is 1.97 bits per heavy atom. The van der Waals surface area contributed by atoms with Crippen molar-refractivity contribution in [1.82, 2.24) is 9.55 Å². The standard InChI is InChI=1S/C30H29N3O6/c1-21-19-33(29(36-2)31-28(21)34)27-18-25(39-32-35)26(38-27)20-37-30(22-12-6-3-7-13-22,23-14-8-4-9-15-23)24-16-10-5-11-17-24/h3-17,19,25-27H,18,20H2,1-2H3/t25-,26+,27+/m0/s1. The summed E-state index contributed by atoms with van der Waals surface area (Å²) in [5, 5.41) is 2.70. The molecule has 0 amide bonds. The second-order valence-electron chi connectivity index (χ2n) is 9.30. The summed E-state index contributed by atoms with van der Waals surface area (Å²) < 4.78 is 20.2. The molecule has 200 valence electrons. The van der Waals surface area contributed by atoms with Crippen molar-refractivity contribution in [3.63, 3.8) is 0 Å². The van der Waals surface area contributed by atoms with E-state index in [1.54, 1.807) is 17.7 Å². The molecule has 4 aromatic rings. The Kier molecular flexibility index (Phi) is 7.81. The van der Waals surface area contributed by atoms with Crippen LogP contribution < -0.4 is 10.3 Å². The van der Waals surface area contributed by atoms with Gasteiger partial charge in [0, 0.05) is 18.2 Å². The molecule has 1 saturated heterocycles. The number of hydrogen-bond acceptors (Lipinski definition) is 8. The van der Waals surface area contributed by atoms with Crippen LogP contribution in [0.3, 0.4) is 0 Å². The zero-order valence-corrected chi connectivity index (χ0v) is 21.7. The van der Waals surface area contributed by atoms with Gasteiger partial charge in [-0.25, -0.2) is 0 Å². The van der Waals surface area contributed by atoms with Gasteiger partial charge in [0.2, 0.25) is 0 Å². The van der Waals surface area contributed by atoms with E-state index in [1.165, 1.54) is 7.11 Å². The summed E-state index contributed by atoms with van der Waals surface area (Å²) >= 11 is 0. The summed E-state index contributed by atoms with van der Waals surface area (Å²) in [6.07, 6.45) is -0.0820. The molecule has 0 aliphatic carbocycles. The molecular weight excluding hydrogens is 498 g/mol. The zero-order chi connectivity index (χ0) is 27.2. The van der Waals surface area contributed by atoms with Crippen LogP contribution >= 0.6 is 0 Å². The molecule has 0 unspecified atom stereocenters. The second-order valence-corrected chi connectivity index (χ2v) is 9.30. The maximum absolute atomic E-state index is 12.1. The van der Waals surface area contributed by atoms with Gasteiger partial charge in [-0.05, 0) is 23.6 Å². The minimum absolute atomic E-state index is 0.0737. The number of nitrogens with zero attached hydrogens (tertiary/aromatic N) is 3. The van der Waals surface area contributed by atoms with Gasteiger partial charge in [0.15, 0.2) is 11.4 Å². The van der Waals surface area contributed by atoms with Crippen molar-refractivity contribution in [3.8, 4) is 6.01 Å². The van der Waals surface area contributed by atoms with Crippen molar-refractivity contribution in [2.24, 2.45) is 5.34 Å². The number of methoxy groups -OCH3 is 1. The molecular formula is C30H29N3O6. The predicted octanol–water partition coefficient (Wildman–Crippen LogP) is 4.92. The van der Waals surface area contributed by atoms with Crippen molar-refractivity contribution in [1.29, 1.82) is 0 Å². The lowest BCUT2D eigenvalue weighted by molar-refractivity contribution is -0.105. The summed E-state index contributed by atoms with van der Waals surface area (Å²) in [7, 11) is 1.43. The van der Waals surface area contributed by atoms with E-state index in [2.05, 4.69) is 10.3 Å². The van der Waals surface area contributed by atoms with E-state index in [-0.39, 0.29) is 24.6 Å². The third-order valence-corrected chi connectivity index (χ3v) is 6.94. The summed E-state index contributed by atoms with van der Waals surface area (Å²) in [5.41, 5.74) is 1.87. The topological polar surface area (TPSA) is 101 Å². The van der Waals surface area contributed by atoms with Gasteiger partial charge in [-0.2, -0.15) is 4.98 Å². The van der Waals surface area contributed by atoms with Crippen molar-refractivity contribution < 1.29 is 19.0 Å². The van der Waals surface area contributed by atoms with Crippen LogP contribution in [-0.4, -0.2) is 35.5 Å². The van der Waals surface area contributed by atoms with Gasteiger partial charge in [0.25, 0.3) is 5.56 Å². The highest BCUT2D eigenvalue weighted by Gasteiger charge is 2.44. The van der Waals surface area contributed by atoms with Crippen LogP contribution in [0, 0.1) is 11.8 Å². The number of aromatic nitrogens is 2. The quantitative estimate of drug-likeness (QED) is 0.164. The van der Waals surface area contributed by atoms with Crippen molar-refractivity contribution >= 4 is 0 Å². The largest absolute Gasteiger partial charge is 0.468 e. The highest BCUT2D eigenvalue weighted by Crippen LogP contribution is 2.42. The van der Waals surface area contributed by atoms with Crippen molar-refractivity contribution in [2.75, 3.05) is 13.7 Å². The van der Waals surface area contributed by atoms with E-state index >= 15 is 0 Å². The lowest BCUT2D eigenvalue weighted by atomic mass is 9.80. The van der Waals surface area contributed by atoms with Gasteiger partial charge in [-0.1, -0.05) is 91.0 Å². The normalized spacial score (nSPS) is 19.0. The van der Waals surface area contributed by atoms with Gasteiger partial charge in [-0.15, -0.1) is 4.91 Å². The van der Waals surface area contributed by atoms with Crippen LogP contribution in [0.2, 0.25) is 0 Å². The highest BCUT2D eigenvalue weighted by molar-refractivity contribution is 5.47. The average molecular weight is 528 g/mol. The summed E-state index contributed by atoms with van der Waals surface area (Å²) in [4.78, 5) is 32.4. The monoisotopic (exact) mass is 527 g/mol. The molecule has 39 heavy (non-hydrogen) atoms. The SMILES string of the molecule is COc1nc(=O)c(C)cn1[C@H]1C[C@H](ON=O)[C@@H](COC(c2ccccc2)(c2ccccc2)c2ccccc2)O1. The third-order valence-electron chi connectivity index (χ3n) is 6.94. The molecule has 3 atom stereocenters. The van der Waals surface area contributed by atoms with E-state index in [9.17, 15) is 9.70 Å². The number of aryl methyl sites for hydroxylation is 1. The average Bonchev–Trinajstić information content (AvgIpc) is 3.39. The Labute approximate surface area is 225 Å². The smallest absolute Gasteiger partial charge is 0.301 e. The Morgan fingerprint density at radius 2 is 1.49 bits per heavy atom. The van der Waals surface area contributed by atoms with Crippen LogP contribution in [-0.2, 0) is 19.9 Å². The molecule has 1 aliphatic heterocycles. The highest BCUT2D eigenvalue weighted by atomic mass is 16.7. The fraction of sp³-hybridized carbons (Fsp3) is 0.267. The first-order valence-electron chi connectivity index (χ1n) is 12.6. The number of rotatable bonds is 10. The molecule has 2 heterocycles. The minimum Gasteiger partial charge on any atom is -0.468 e. The molecule has 0 saturated carbocycles. The maximum Gasteiger partial charge on any atom is 0.301 e. The molecule has 5 rings (SSSR count). The van der Waals surface area contributed by atoms with Gasteiger partial charge in [0.05, 0.1) is 13.7 Å². The van der Waals surface area contributed by atoms with Gasteiger partial charge in [-0.3, -0.25) is 9.36 Å². The molecule has 1 aliphatic rings. The first kappa shape index (κ1) is 26.3. The lowest BCUT2D eigenvalue weighted by Gasteiger charge is -2.37. The molecule has 0 radical (unpaired) electrons. The number of ether oxygens (including phenoxy) is 3. The van der Waals surface area contributed by atoms with Crippen LogP contribution in [0.25, 0.3) is 0 Å². The summed E-state index contributed by atoms with van der Waals surface area (Å²) in [6.45, 7) is 1.74. The molecule has 1 aromatic heterocycles. The van der Waals surface area contributed by atoms with E-state index in [1.807, 2.05) is 91.0 Å². The first-order valence-corrected chi connectivity index (χ1v) is 12.6. The molecule has 9 heteroatoms. The van der Waals surface area contributed by atoms with Crippen molar-refractivity contribution in [3.05, 3.63) is 135 Å². The van der Waals surface area contributed by atoms with E-state index in [0.29, 0.717) is 5.56 Å². The van der Waals surface area contributed by atoms with Gasteiger partial charge >= 0.3 is 6.01 Å². The molecule has 3 aromatic carbocycles. The van der Waals surface area contributed by atoms with E-state index in [0.717, 1.165) is 16.7 Å². The lowest BCUT2D eigenvalue weighted by Crippen LogP contribution is -2.38. The third kappa shape index (κ3) is 5.19. The van der Waals surface area contributed by atoms with Gasteiger partial charge in [0.1, 0.15) is 17.9 Å². The van der Waals surface area contributed by atoms with E-state index in [4.69, 9.17) is 19.0 Å². The predicted molar refractivity (Wildman–Crippen MR) is 144 cm³/mol. The Morgan fingerprint density at radius 1 is 0.949 bits per heavy atom.